The highest BCUT2D eigenvalue weighted by molar-refractivity contribution is 5.95. The standard InChI is InChI=1S/C17H17N3O5/c1-3-11-4-6-13(7-5-11)17(22)19-18-10-12-8-14(20(23)24)16(21)15(9-12)25-2/h4-10,21H,3H2,1-2H3,(H,19,22)/b18-10+. The summed E-state index contributed by atoms with van der Waals surface area (Å²) in [4.78, 5) is 22.2. The van der Waals surface area contributed by atoms with Gasteiger partial charge in [0, 0.05) is 17.2 Å². The number of carbonyl (C=O) groups is 1. The Morgan fingerprint density at radius 1 is 1.36 bits per heavy atom. The van der Waals surface area contributed by atoms with E-state index in [-0.39, 0.29) is 5.75 Å². The van der Waals surface area contributed by atoms with Crippen molar-refractivity contribution in [3.05, 3.63) is 63.2 Å². The van der Waals surface area contributed by atoms with Crippen molar-refractivity contribution in [2.75, 3.05) is 7.11 Å². The van der Waals surface area contributed by atoms with Gasteiger partial charge in [0.1, 0.15) is 0 Å². The van der Waals surface area contributed by atoms with E-state index in [9.17, 15) is 20.0 Å². The molecule has 0 bridgehead atoms. The zero-order chi connectivity index (χ0) is 18.4. The Bertz CT molecular complexity index is 816. The molecule has 2 N–H and O–H groups in total. The third kappa shape index (κ3) is 4.31. The Labute approximate surface area is 143 Å². The lowest BCUT2D eigenvalue weighted by molar-refractivity contribution is -0.386. The van der Waals surface area contributed by atoms with Gasteiger partial charge in [0.2, 0.25) is 5.75 Å². The first-order valence-corrected chi connectivity index (χ1v) is 7.44. The molecule has 2 aromatic carbocycles. The summed E-state index contributed by atoms with van der Waals surface area (Å²) in [7, 11) is 1.28. The first-order chi connectivity index (χ1) is 12.0. The van der Waals surface area contributed by atoms with Crippen LogP contribution in [-0.2, 0) is 6.42 Å². The highest BCUT2D eigenvalue weighted by atomic mass is 16.6. The molecule has 0 unspecified atom stereocenters. The minimum atomic E-state index is -0.733. The van der Waals surface area contributed by atoms with Crippen LogP contribution in [0.25, 0.3) is 0 Å². The van der Waals surface area contributed by atoms with Crippen molar-refractivity contribution >= 4 is 17.8 Å². The lowest BCUT2D eigenvalue weighted by atomic mass is 10.1. The van der Waals surface area contributed by atoms with Gasteiger partial charge in [-0.2, -0.15) is 5.10 Å². The van der Waals surface area contributed by atoms with Crippen molar-refractivity contribution in [1.82, 2.24) is 5.43 Å². The van der Waals surface area contributed by atoms with Crippen molar-refractivity contribution in [1.29, 1.82) is 0 Å². The molecule has 130 valence electrons. The summed E-state index contributed by atoms with van der Waals surface area (Å²) in [6.07, 6.45) is 2.11. The van der Waals surface area contributed by atoms with Gasteiger partial charge >= 0.3 is 5.69 Å². The fourth-order valence-electron chi connectivity index (χ4n) is 2.10. The number of hydrazone groups is 1. The van der Waals surface area contributed by atoms with Crippen molar-refractivity contribution in [2.24, 2.45) is 5.10 Å². The van der Waals surface area contributed by atoms with Gasteiger partial charge in [-0.25, -0.2) is 5.43 Å². The van der Waals surface area contributed by atoms with Gasteiger partial charge < -0.3 is 9.84 Å². The first kappa shape index (κ1) is 17.9. The maximum absolute atomic E-state index is 12.0. The summed E-state index contributed by atoms with van der Waals surface area (Å²) in [5.74, 6) is -1.03. The molecule has 0 aliphatic carbocycles. The van der Waals surface area contributed by atoms with E-state index in [1.165, 1.54) is 19.4 Å². The number of hydrogen-bond acceptors (Lipinski definition) is 6. The number of aromatic hydroxyl groups is 1. The SMILES string of the molecule is CCc1ccc(C(=O)N/N=C/c2cc(OC)c(O)c([N+](=O)[O-])c2)cc1. The molecule has 0 saturated heterocycles. The fraction of sp³-hybridized carbons (Fsp3) is 0.176. The number of aryl methyl sites for hydroxylation is 1. The second-order valence-electron chi connectivity index (χ2n) is 5.10. The molecule has 1 amide bonds. The van der Waals surface area contributed by atoms with Crippen LogP contribution in [0.5, 0.6) is 11.5 Å². The maximum atomic E-state index is 12.0. The molecule has 0 atom stereocenters. The number of benzene rings is 2. The topological polar surface area (TPSA) is 114 Å². The maximum Gasteiger partial charge on any atom is 0.315 e. The number of methoxy groups -OCH3 is 1. The molecule has 0 radical (unpaired) electrons. The van der Waals surface area contributed by atoms with Crippen LogP contribution in [0.3, 0.4) is 0 Å². The highest BCUT2D eigenvalue weighted by Crippen LogP contribution is 2.36. The molecule has 2 rings (SSSR count). The quantitative estimate of drug-likeness (QED) is 0.475. The number of ether oxygens (including phenoxy) is 1. The third-order valence-corrected chi connectivity index (χ3v) is 3.50. The lowest BCUT2D eigenvalue weighted by Crippen LogP contribution is -2.17. The zero-order valence-corrected chi connectivity index (χ0v) is 13.7. The summed E-state index contributed by atoms with van der Waals surface area (Å²) >= 11 is 0. The second-order valence-corrected chi connectivity index (χ2v) is 5.10. The molecule has 0 fully saturated rings. The number of hydrogen-bond donors (Lipinski definition) is 2. The number of rotatable bonds is 6. The van der Waals surface area contributed by atoms with E-state index in [0.717, 1.165) is 18.1 Å². The number of carbonyl (C=O) groups excluding carboxylic acids is 1. The molecule has 8 heteroatoms. The summed E-state index contributed by atoms with van der Waals surface area (Å²) in [5.41, 5.74) is 3.69. The van der Waals surface area contributed by atoms with Gasteiger partial charge in [-0.05, 0) is 30.2 Å². The van der Waals surface area contributed by atoms with Gasteiger partial charge in [-0.15, -0.1) is 0 Å². The number of phenols is 1. The van der Waals surface area contributed by atoms with E-state index < -0.39 is 22.3 Å². The first-order valence-electron chi connectivity index (χ1n) is 7.44. The highest BCUT2D eigenvalue weighted by Gasteiger charge is 2.19. The van der Waals surface area contributed by atoms with Gasteiger partial charge in [-0.1, -0.05) is 19.1 Å². The number of nitrogens with one attached hydrogen (secondary N) is 1. The van der Waals surface area contributed by atoms with E-state index in [0.29, 0.717) is 11.1 Å². The molecular formula is C17H17N3O5. The Kier molecular flexibility index (Phi) is 5.67. The Morgan fingerprint density at radius 2 is 2.04 bits per heavy atom. The fourth-order valence-corrected chi connectivity index (χ4v) is 2.10. The van der Waals surface area contributed by atoms with Crippen LogP contribution in [0, 0.1) is 10.1 Å². The minimum absolute atomic E-state index is 0.0582. The molecule has 8 nitrogen and oxygen atoms in total. The Balaban J connectivity index is 2.14. The van der Waals surface area contributed by atoms with Gasteiger partial charge in [0.05, 0.1) is 18.2 Å². The summed E-state index contributed by atoms with van der Waals surface area (Å²) < 4.78 is 4.89. The van der Waals surface area contributed by atoms with Crippen molar-refractivity contribution < 1.29 is 19.6 Å². The average molecular weight is 343 g/mol. The molecule has 2 aromatic rings. The summed E-state index contributed by atoms with van der Waals surface area (Å²) in [6.45, 7) is 2.02. The van der Waals surface area contributed by atoms with Crippen LogP contribution in [0.4, 0.5) is 5.69 Å². The smallest absolute Gasteiger partial charge is 0.315 e. The molecule has 25 heavy (non-hydrogen) atoms. The number of nitro groups is 1. The van der Waals surface area contributed by atoms with E-state index in [1.54, 1.807) is 12.1 Å². The lowest BCUT2D eigenvalue weighted by Gasteiger charge is -2.05. The normalized spacial score (nSPS) is 10.6. The van der Waals surface area contributed by atoms with Crippen LogP contribution in [0.2, 0.25) is 0 Å². The van der Waals surface area contributed by atoms with Crippen LogP contribution < -0.4 is 10.2 Å². The second kappa shape index (κ2) is 7.91. The summed E-state index contributed by atoms with van der Waals surface area (Å²) in [6, 6.07) is 9.59. The number of nitro benzene ring substituents is 1. The number of nitrogens with zero attached hydrogens (tertiary/aromatic N) is 2. The molecule has 0 spiro atoms. The largest absolute Gasteiger partial charge is 0.500 e. The summed E-state index contributed by atoms with van der Waals surface area (Å²) in [5, 5.41) is 24.4. The van der Waals surface area contributed by atoms with Crippen molar-refractivity contribution in [2.45, 2.75) is 13.3 Å². The monoisotopic (exact) mass is 343 g/mol. The van der Waals surface area contributed by atoms with E-state index in [1.807, 2.05) is 19.1 Å². The Morgan fingerprint density at radius 3 is 2.60 bits per heavy atom. The predicted octanol–water partition coefficient (Wildman–Crippen LogP) is 2.64. The zero-order valence-electron chi connectivity index (χ0n) is 13.7. The molecule has 0 aliphatic heterocycles. The van der Waals surface area contributed by atoms with E-state index >= 15 is 0 Å². The van der Waals surface area contributed by atoms with E-state index in [2.05, 4.69) is 10.5 Å². The van der Waals surface area contributed by atoms with Crippen LogP contribution in [0.1, 0.15) is 28.4 Å². The van der Waals surface area contributed by atoms with Gasteiger partial charge in [0.15, 0.2) is 5.75 Å². The van der Waals surface area contributed by atoms with Gasteiger partial charge in [0.25, 0.3) is 5.91 Å². The predicted molar refractivity (Wildman–Crippen MR) is 92.2 cm³/mol. The van der Waals surface area contributed by atoms with Crippen LogP contribution in [-0.4, -0.2) is 29.3 Å². The third-order valence-electron chi connectivity index (χ3n) is 3.50. The number of amides is 1. The molecule has 0 aromatic heterocycles. The number of phenolic OH excluding ortho intramolecular Hbond substituents is 1. The molecule has 0 saturated carbocycles. The Hall–Kier alpha value is -3.42. The van der Waals surface area contributed by atoms with Crippen LogP contribution >= 0.6 is 0 Å². The average Bonchev–Trinajstić information content (AvgIpc) is 2.62. The molecule has 0 heterocycles. The minimum Gasteiger partial charge on any atom is -0.500 e. The molecular weight excluding hydrogens is 326 g/mol. The van der Waals surface area contributed by atoms with Crippen molar-refractivity contribution in [3.63, 3.8) is 0 Å². The van der Waals surface area contributed by atoms with Crippen LogP contribution in [0.15, 0.2) is 41.5 Å². The van der Waals surface area contributed by atoms with Crippen molar-refractivity contribution in [3.8, 4) is 11.5 Å². The van der Waals surface area contributed by atoms with Gasteiger partial charge in [-0.3, -0.25) is 14.9 Å². The van der Waals surface area contributed by atoms with E-state index in [4.69, 9.17) is 4.74 Å². The molecule has 0 aliphatic rings.